The lowest BCUT2D eigenvalue weighted by atomic mass is 10.2. The molecule has 0 atom stereocenters. The summed E-state index contributed by atoms with van der Waals surface area (Å²) in [5.74, 6) is 0.515. The monoisotopic (exact) mass is 297 g/mol. The normalized spacial score (nSPS) is 11.3. The molecule has 0 spiro atoms. The second kappa shape index (κ2) is 4.93. The molecule has 8 nitrogen and oxygen atoms in total. The Bertz CT molecular complexity index is 766. The molecule has 2 rings (SSSR count). The lowest BCUT2D eigenvalue weighted by molar-refractivity contribution is -0.385. The van der Waals surface area contributed by atoms with Gasteiger partial charge in [-0.1, -0.05) is 5.16 Å². The number of sulfonamides is 1. The molecular weight excluding hydrogens is 286 g/mol. The zero-order valence-electron chi connectivity index (χ0n) is 10.7. The maximum absolute atomic E-state index is 12.1. The predicted octanol–water partition coefficient (Wildman–Crippen LogP) is 2.00. The fraction of sp³-hybridized carbons (Fsp3) is 0.182. The number of nitro groups is 1. The van der Waals surface area contributed by atoms with Crippen LogP contribution in [0.1, 0.15) is 11.3 Å². The van der Waals surface area contributed by atoms with Crippen molar-refractivity contribution in [3.05, 3.63) is 45.7 Å². The third-order valence-electron chi connectivity index (χ3n) is 2.54. The van der Waals surface area contributed by atoms with Gasteiger partial charge < -0.3 is 4.52 Å². The Hall–Kier alpha value is -2.42. The van der Waals surface area contributed by atoms with E-state index in [1.807, 2.05) is 0 Å². The Kier molecular flexibility index (Phi) is 3.45. The molecule has 106 valence electrons. The number of nitrogens with zero attached hydrogens (tertiary/aromatic N) is 2. The number of hydrogen-bond donors (Lipinski definition) is 1. The van der Waals surface area contributed by atoms with Crippen LogP contribution in [0.15, 0.2) is 33.7 Å². The first-order valence-electron chi connectivity index (χ1n) is 5.51. The molecule has 0 saturated heterocycles. The van der Waals surface area contributed by atoms with Crippen molar-refractivity contribution >= 4 is 21.5 Å². The Balaban J connectivity index is 2.35. The van der Waals surface area contributed by atoms with Crippen LogP contribution in [0.3, 0.4) is 0 Å². The molecule has 0 saturated carbocycles. The molecule has 1 aromatic heterocycles. The summed E-state index contributed by atoms with van der Waals surface area (Å²) in [6.45, 7) is 3.10. The number of anilines is 1. The summed E-state index contributed by atoms with van der Waals surface area (Å²) in [6.07, 6.45) is 0. The van der Waals surface area contributed by atoms with E-state index in [-0.39, 0.29) is 22.0 Å². The molecule has 2 aromatic rings. The van der Waals surface area contributed by atoms with E-state index in [1.54, 1.807) is 6.92 Å². The van der Waals surface area contributed by atoms with E-state index in [1.165, 1.54) is 25.1 Å². The second-order valence-corrected chi connectivity index (χ2v) is 5.82. The summed E-state index contributed by atoms with van der Waals surface area (Å²) in [6, 6.07) is 4.97. The number of benzene rings is 1. The molecular formula is C11H11N3O5S. The molecule has 0 aliphatic carbocycles. The van der Waals surface area contributed by atoms with Gasteiger partial charge in [-0.3, -0.25) is 14.8 Å². The minimum absolute atomic E-state index is 0.0542. The first-order valence-corrected chi connectivity index (χ1v) is 6.99. The minimum Gasteiger partial charge on any atom is -0.360 e. The lowest BCUT2D eigenvalue weighted by Gasteiger charge is -2.05. The first-order chi connectivity index (χ1) is 9.29. The minimum atomic E-state index is -3.86. The van der Waals surface area contributed by atoms with Crippen LogP contribution >= 0.6 is 0 Å². The molecule has 0 aliphatic rings. The molecule has 0 aliphatic heterocycles. The van der Waals surface area contributed by atoms with E-state index in [0.717, 1.165) is 6.07 Å². The molecule has 0 fully saturated rings. The number of nitro benzene ring substituents is 1. The van der Waals surface area contributed by atoms with Gasteiger partial charge in [-0.25, -0.2) is 8.42 Å². The summed E-state index contributed by atoms with van der Waals surface area (Å²) < 4.78 is 31.1. The zero-order valence-corrected chi connectivity index (χ0v) is 11.5. The van der Waals surface area contributed by atoms with Crippen LogP contribution in [0.2, 0.25) is 0 Å². The fourth-order valence-corrected chi connectivity index (χ4v) is 2.68. The summed E-state index contributed by atoms with van der Waals surface area (Å²) in [7, 11) is -3.86. The van der Waals surface area contributed by atoms with Gasteiger partial charge in [-0.2, -0.15) is 0 Å². The van der Waals surface area contributed by atoms with Crippen molar-refractivity contribution in [3.8, 4) is 0 Å². The van der Waals surface area contributed by atoms with Crippen LogP contribution in [0.5, 0.6) is 0 Å². The van der Waals surface area contributed by atoms with Gasteiger partial charge in [-0.05, 0) is 26.0 Å². The molecule has 1 aromatic carbocycles. The van der Waals surface area contributed by atoms with Crippen molar-refractivity contribution in [2.24, 2.45) is 0 Å². The topological polar surface area (TPSA) is 115 Å². The highest BCUT2D eigenvalue weighted by Gasteiger charge is 2.19. The fourth-order valence-electron chi connectivity index (χ4n) is 1.61. The van der Waals surface area contributed by atoms with Crippen LogP contribution in [0.4, 0.5) is 11.5 Å². The SMILES string of the molecule is Cc1cc(NS(=O)(=O)c2ccc([N+](=O)[O-])c(C)c2)no1. The molecule has 0 bridgehead atoms. The summed E-state index contributed by atoms with van der Waals surface area (Å²) >= 11 is 0. The van der Waals surface area contributed by atoms with Gasteiger partial charge in [0, 0.05) is 17.7 Å². The first kappa shape index (κ1) is 14.0. The Morgan fingerprint density at radius 3 is 2.50 bits per heavy atom. The van der Waals surface area contributed by atoms with Gasteiger partial charge in [0.15, 0.2) is 5.82 Å². The summed E-state index contributed by atoms with van der Waals surface area (Å²) in [5, 5.41) is 14.2. The third-order valence-corrected chi connectivity index (χ3v) is 3.89. The van der Waals surface area contributed by atoms with Gasteiger partial charge in [-0.15, -0.1) is 0 Å². The highest BCUT2D eigenvalue weighted by Crippen LogP contribution is 2.23. The van der Waals surface area contributed by atoms with E-state index in [9.17, 15) is 18.5 Å². The van der Waals surface area contributed by atoms with Crippen LogP contribution in [-0.4, -0.2) is 18.5 Å². The average molecular weight is 297 g/mol. The molecule has 9 heteroatoms. The summed E-state index contributed by atoms with van der Waals surface area (Å²) in [4.78, 5) is 10.0. The van der Waals surface area contributed by atoms with E-state index in [2.05, 4.69) is 9.88 Å². The maximum Gasteiger partial charge on any atom is 0.272 e. The molecule has 20 heavy (non-hydrogen) atoms. The van der Waals surface area contributed by atoms with Crippen molar-refractivity contribution in [2.45, 2.75) is 18.7 Å². The van der Waals surface area contributed by atoms with E-state index >= 15 is 0 Å². The standard InChI is InChI=1S/C11H11N3O5S/c1-7-5-9(3-4-10(7)14(15)16)20(17,18)13-11-6-8(2)19-12-11/h3-6H,1-2H3,(H,12,13). The van der Waals surface area contributed by atoms with Crippen molar-refractivity contribution in [2.75, 3.05) is 4.72 Å². The maximum atomic E-state index is 12.1. The van der Waals surface area contributed by atoms with Crippen LogP contribution in [0, 0.1) is 24.0 Å². The van der Waals surface area contributed by atoms with Crippen LogP contribution in [-0.2, 0) is 10.0 Å². The predicted molar refractivity (Wildman–Crippen MR) is 69.9 cm³/mol. The number of hydrogen-bond acceptors (Lipinski definition) is 6. The molecule has 0 amide bonds. The second-order valence-electron chi connectivity index (χ2n) is 4.13. The number of aryl methyl sites for hydroxylation is 2. The Labute approximate surface area is 114 Å². The molecule has 1 N–H and O–H groups in total. The van der Waals surface area contributed by atoms with Crippen LogP contribution < -0.4 is 4.72 Å². The lowest BCUT2D eigenvalue weighted by Crippen LogP contribution is -2.13. The number of nitrogens with one attached hydrogen (secondary N) is 1. The smallest absolute Gasteiger partial charge is 0.272 e. The van der Waals surface area contributed by atoms with Gasteiger partial charge in [0.1, 0.15) is 5.76 Å². The Morgan fingerprint density at radius 2 is 2.00 bits per heavy atom. The van der Waals surface area contributed by atoms with Crippen molar-refractivity contribution < 1.29 is 17.9 Å². The number of aromatic nitrogens is 1. The molecule has 1 heterocycles. The van der Waals surface area contributed by atoms with Gasteiger partial charge in [0.2, 0.25) is 0 Å². The van der Waals surface area contributed by atoms with Crippen molar-refractivity contribution in [1.82, 2.24) is 5.16 Å². The van der Waals surface area contributed by atoms with E-state index in [4.69, 9.17) is 4.52 Å². The average Bonchev–Trinajstić information content (AvgIpc) is 2.73. The van der Waals surface area contributed by atoms with Crippen LogP contribution in [0.25, 0.3) is 0 Å². The number of rotatable bonds is 4. The quantitative estimate of drug-likeness (QED) is 0.681. The molecule has 0 radical (unpaired) electrons. The largest absolute Gasteiger partial charge is 0.360 e. The Morgan fingerprint density at radius 1 is 1.30 bits per heavy atom. The summed E-state index contributed by atoms with van der Waals surface area (Å²) in [5.41, 5.74) is 0.121. The van der Waals surface area contributed by atoms with Crippen molar-refractivity contribution in [3.63, 3.8) is 0 Å². The van der Waals surface area contributed by atoms with E-state index in [0.29, 0.717) is 5.76 Å². The third kappa shape index (κ3) is 2.77. The zero-order chi connectivity index (χ0) is 14.9. The van der Waals surface area contributed by atoms with Gasteiger partial charge in [0.05, 0.1) is 9.82 Å². The molecule has 0 unspecified atom stereocenters. The van der Waals surface area contributed by atoms with Gasteiger partial charge in [0.25, 0.3) is 15.7 Å². The highest BCUT2D eigenvalue weighted by molar-refractivity contribution is 7.92. The van der Waals surface area contributed by atoms with Crippen molar-refractivity contribution in [1.29, 1.82) is 0 Å². The van der Waals surface area contributed by atoms with E-state index < -0.39 is 14.9 Å². The van der Waals surface area contributed by atoms with Gasteiger partial charge >= 0.3 is 0 Å². The highest BCUT2D eigenvalue weighted by atomic mass is 32.2.